The molecule has 5 heterocycles. The van der Waals surface area contributed by atoms with Crippen LogP contribution in [0.15, 0.2) is 48.5 Å². The number of nitrogens with zero attached hydrogens (tertiary/aromatic N) is 5. The van der Waals surface area contributed by atoms with Crippen molar-refractivity contribution in [2.45, 2.75) is 63.7 Å². The van der Waals surface area contributed by atoms with Gasteiger partial charge in [0.15, 0.2) is 5.82 Å². The van der Waals surface area contributed by atoms with Crippen LogP contribution in [-0.4, -0.2) is 61.7 Å². The summed E-state index contributed by atoms with van der Waals surface area (Å²) in [6.07, 6.45) is 4.45. The van der Waals surface area contributed by atoms with E-state index >= 15 is 0 Å². The van der Waals surface area contributed by atoms with Crippen LogP contribution < -0.4 is 21.1 Å². The van der Waals surface area contributed by atoms with Gasteiger partial charge in [-0.25, -0.2) is 14.8 Å². The monoisotopic (exact) mass is 644 g/mol. The molecule has 0 spiro atoms. The van der Waals surface area contributed by atoms with Crippen LogP contribution in [0.3, 0.4) is 0 Å². The fourth-order valence-corrected chi connectivity index (χ4v) is 8.32. The third kappa shape index (κ3) is 4.43. The Labute approximate surface area is 278 Å². The van der Waals surface area contributed by atoms with E-state index in [4.69, 9.17) is 20.4 Å². The molecular weight excluding hydrogens is 604 g/mol. The maximum atomic E-state index is 13.8. The van der Waals surface area contributed by atoms with Gasteiger partial charge in [0, 0.05) is 60.0 Å². The number of fused-ring (bicyclic) bond motifs is 5. The standard InChI is InChI=1S/C37H40N8O3/c1-37(2)24-13-20(7-11-26(24)41-36(47)42-37)25-10-8-21-15-29(44(33(21)39-25)17-19-5-6-19)34-40-27-14-23(16-30(48-4)32(27)43(34)3)35(46)45-18-22-9-12-28(45)31(22)38/h7-8,10-11,13-16,19,22,28,31H,5-6,9,12,17-18,38H2,1-4H3,(H2,41,42,47)/t22-,28-,31-/m1/s1. The molecule has 11 nitrogen and oxygen atoms in total. The van der Waals surface area contributed by atoms with Crippen molar-refractivity contribution in [3.8, 4) is 28.5 Å². The van der Waals surface area contributed by atoms with E-state index in [1.807, 2.05) is 50.1 Å². The molecule has 2 aliphatic carbocycles. The van der Waals surface area contributed by atoms with Gasteiger partial charge in [-0.3, -0.25) is 4.79 Å². The molecule has 3 amide bonds. The molecule has 5 aromatic rings. The van der Waals surface area contributed by atoms with Crippen molar-refractivity contribution in [2.24, 2.45) is 24.6 Å². The molecule has 0 radical (unpaired) electrons. The van der Waals surface area contributed by atoms with E-state index < -0.39 is 5.54 Å². The zero-order valence-electron chi connectivity index (χ0n) is 27.7. The number of nitrogens with two attached hydrogens (primary N) is 1. The Bertz CT molecular complexity index is 2180. The molecule has 2 aliphatic heterocycles. The number of hydrogen-bond donors (Lipinski definition) is 3. The predicted octanol–water partition coefficient (Wildman–Crippen LogP) is 5.61. The lowest BCUT2D eigenvalue weighted by Gasteiger charge is -2.34. The SMILES string of the molecule is COc1cc(C(=O)N2C[C@H]3CC[C@@H]2[C@@H]3N)cc2nc(-c3cc4ccc(-c5ccc6c(c5)C(C)(C)NC(=O)N6)nc4n3CC3CC3)n(C)c12. The summed E-state index contributed by atoms with van der Waals surface area (Å²) >= 11 is 0. The number of methoxy groups -OCH3 is 1. The Balaban J connectivity index is 1.14. The number of carbonyl (C=O) groups is 2. The van der Waals surface area contributed by atoms with Crippen LogP contribution in [0.4, 0.5) is 10.5 Å². The molecule has 4 aliphatic rings. The number of pyridine rings is 1. The van der Waals surface area contributed by atoms with E-state index in [0.717, 1.165) is 75.5 Å². The number of likely N-dealkylation sites (tertiary alicyclic amines) is 1. The topological polar surface area (TPSA) is 132 Å². The molecule has 2 aromatic carbocycles. The van der Waals surface area contributed by atoms with Crippen molar-refractivity contribution < 1.29 is 14.3 Å². The summed E-state index contributed by atoms with van der Waals surface area (Å²) in [6, 6.07) is 16.2. The number of urea groups is 1. The zero-order chi connectivity index (χ0) is 33.1. The number of rotatable bonds is 6. The van der Waals surface area contributed by atoms with Gasteiger partial charge in [-0.1, -0.05) is 6.07 Å². The van der Waals surface area contributed by atoms with Crippen LogP contribution >= 0.6 is 0 Å². The summed E-state index contributed by atoms with van der Waals surface area (Å²) in [7, 11) is 3.65. The Morgan fingerprint density at radius 1 is 1.06 bits per heavy atom. The third-order valence-electron chi connectivity index (χ3n) is 11.1. The number of carbonyl (C=O) groups excluding carboxylic acids is 2. The van der Waals surface area contributed by atoms with Crippen LogP contribution in [0.25, 0.3) is 44.8 Å². The van der Waals surface area contributed by atoms with E-state index in [2.05, 4.69) is 44.0 Å². The molecule has 2 saturated carbocycles. The highest BCUT2D eigenvalue weighted by Gasteiger charge is 2.47. The van der Waals surface area contributed by atoms with E-state index in [0.29, 0.717) is 29.7 Å². The van der Waals surface area contributed by atoms with Crippen molar-refractivity contribution in [1.82, 2.24) is 29.3 Å². The number of benzene rings is 2. The van der Waals surface area contributed by atoms with Gasteiger partial charge in [0.25, 0.3) is 5.91 Å². The summed E-state index contributed by atoms with van der Waals surface area (Å²) in [4.78, 5) is 38.3. The van der Waals surface area contributed by atoms with Crippen molar-refractivity contribution in [3.05, 3.63) is 59.7 Å². The summed E-state index contributed by atoms with van der Waals surface area (Å²) in [5, 5.41) is 6.98. The Morgan fingerprint density at radius 2 is 1.90 bits per heavy atom. The summed E-state index contributed by atoms with van der Waals surface area (Å²) in [5.74, 6) is 2.39. The Morgan fingerprint density at radius 3 is 2.62 bits per heavy atom. The van der Waals surface area contributed by atoms with Gasteiger partial charge in [0.2, 0.25) is 0 Å². The van der Waals surface area contributed by atoms with E-state index in [1.54, 1.807) is 7.11 Å². The van der Waals surface area contributed by atoms with Crippen LogP contribution in [0.1, 0.15) is 55.5 Å². The van der Waals surface area contributed by atoms with Gasteiger partial charge in [-0.05, 0) is 93.8 Å². The molecule has 3 fully saturated rings. The first-order valence-electron chi connectivity index (χ1n) is 17.0. The second-order valence-corrected chi connectivity index (χ2v) is 14.6. The number of imidazole rings is 1. The summed E-state index contributed by atoms with van der Waals surface area (Å²) < 4.78 is 10.3. The number of amides is 3. The predicted molar refractivity (Wildman–Crippen MR) is 185 cm³/mol. The zero-order valence-corrected chi connectivity index (χ0v) is 27.7. The number of piperidine rings is 1. The van der Waals surface area contributed by atoms with E-state index in [-0.39, 0.29) is 24.0 Å². The van der Waals surface area contributed by atoms with Crippen LogP contribution in [-0.2, 0) is 19.1 Å². The van der Waals surface area contributed by atoms with E-state index in [9.17, 15) is 9.59 Å². The van der Waals surface area contributed by atoms with E-state index in [1.165, 1.54) is 12.8 Å². The number of aryl methyl sites for hydroxylation is 1. The molecule has 246 valence electrons. The first-order chi connectivity index (χ1) is 23.1. The Hall–Kier alpha value is -4.90. The lowest BCUT2D eigenvalue weighted by molar-refractivity contribution is 0.0700. The second kappa shape index (κ2) is 10.3. The van der Waals surface area contributed by atoms with Gasteiger partial charge in [-0.15, -0.1) is 0 Å². The largest absolute Gasteiger partial charge is 0.494 e. The molecule has 4 N–H and O–H groups in total. The van der Waals surface area contributed by atoms with Crippen LogP contribution in [0, 0.1) is 11.8 Å². The third-order valence-corrected chi connectivity index (χ3v) is 11.1. The van der Waals surface area contributed by atoms with Gasteiger partial charge in [0.05, 0.1) is 29.6 Å². The van der Waals surface area contributed by atoms with Crippen molar-refractivity contribution >= 4 is 39.7 Å². The molecule has 2 bridgehead atoms. The lowest BCUT2D eigenvalue weighted by Crippen LogP contribution is -2.47. The molecule has 48 heavy (non-hydrogen) atoms. The fourth-order valence-electron chi connectivity index (χ4n) is 8.32. The van der Waals surface area contributed by atoms with Gasteiger partial charge in [-0.2, -0.15) is 0 Å². The fraction of sp³-hybridized carbons (Fsp3) is 0.405. The average molecular weight is 645 g/mol. The molecule has 3 atom stereocenters. The number of nitrogens with one attached hydrogen (secondary N) is 2. The minimum Gasteiger partial charge on any atom is -0.494 e. The van der Waals surface area contributed by atoms with Crippen LogP contribution in [0.2, 0.25) is 0 Å². The minimum atomic E-state index is -0.510. The molecule has 11 heteroatoms. The summed E-state index contributed by atoms with van der Waals surface area (Å²) in [5.41, 5.74) is 13.6. The lowest BCUT2D eigenvalue weighted by atomic mass is 9.89. The quantitative estimate of drug-likeness (QED) is 0.220. The first kappa shape index (κ1) is 29.3. The van der Waals surface area contributed by atoms with Crippen molar-refractivity contribution in [3.63, 3.8) is 0 Å². The molecule has 9 rings (SSSR count). The van der Waals surface area contributed by atoms with Crippen LogP contribution in [0.5, 0.6) is 5.75 Å². The maximum absolute atomic E-state index is 13.8. The molecule has 1 saturated heterocycles. The Kier molecular flexibility index (Phi) is 6.28. The highest BCUT2D eigenvalue weighted by atomic mass is 16.5. The van der Waals surface area contributed by atoms with Crippen molar-refractivity contribution in [1.29, 1.82) is 0 Å². The first-order valence-corrected chi connectivity index (χ1v) is 17.0. The molecular formula is C37H40N8O3. The molecule has 3 aromatic heterocycles. The van der Waals surface area contributed by atoms with Crippen molar-refractivity contribution in [2.75, 3.05) is 19.0 Å². The highest BCUT2D eigenvalue weighted by molar-refractivity contribution is 6.00. The number of anilines is 1. The highest BCUT2D eigenvalue weighted by Crippen LogP contribution is 2.41. The van der Waals surface area contributed by atoms with Gasteiger partial charge in [0.1, 0.15) is 16.9 Å². The number of hydrogen-bond acceptors (Lipinski definition) is 6. The van der Waals surface area contributed by atoms with Gasteiger partial charge < -0.3 is 35.1 Å². The normalized spacial score (nSPS) is 22.6. The minimum absolute atomic E-state index is 0.00615. The smallest absolute Gasteiger partial charge is 0.319 e. The maximum Gasteiger partial charge on any atom is 0.319 e. The molecule has 0 unspecified atom stereocenters. The average Bonchev–Trinajstić information content (AvgIpc) is 3.47. The summed E-state index contributed by atoms with van der Waals surface area (Å²) in [6.45, 7) is 5.58. The number of aromatic nitrogens is 4. The van der Waals surface area contributed by atoms with Gasteiger partial charge >= 0.3 is 6.03 Å². The number of ether oxygens (including phenoxy) is 1. The second-order valence-electron chi connectivity index (χ2n) is 14.6.